The van der Waals surface area contributed by atoms with Crippen LogP contribution < -0.4 is 5.32 Å². The van der Waals surface area contributed by atoms with Crippen LogP contribution in [0.4, 0.5) is 0 Å². The highest BCUT2D eigenvalue weighted by molar-refractivity contribution is 14.1. The Labute approximate surface area is 125 Å². The highest BCUT2D eigenvalue weighted by Crippen LogP contribution is 2.21. The SMILES string of the molecule is IN1CCC(N2CCN(C3CCNC3)CC2)CC1. The van der Waals surface area contributed by atoms with E-state index < -0.39 is 0 Å². The lowest BCUT2D eigenvalue weighted by atomic mass is 10.0. The summed E-state index contributed by atoms with van der Waals surface area (Å²) in [4.78, 5) is 5.46. The summed E-state index contributed by atoms with van der Waals surface area (Å²) in [6.45, 7) is 10.2. The number of nitrogens with zero attached hydrogens (tertiary/aromatic N) is 3. The Kier molecular flexibility index (Phi) is 4.78. The van der Waals surface area contributed by atoms with E-state index in [2.05, 4.69) is 41.1 Å². The van der Waals surface area contributed by atoms with Crippen LogP contribution in [0.25, 0.3) is 0 Å². The van der Waals surface area contributed by atoms with Crippen LogP contribution in [0.1, 0.15) is 19.3 Å². The van der Waals surface area contributed by atoms with E-state index in [0.29, 0.717) is 0 Å². The molecule has 0 aromatic carbocycles. The molecule has 1 N–H and O–H groups in total. The number of nitrogens with one attached hydrogen (secondary N) is 1. The standard InChI is InChI=1S/C13H25IN4/c14-18-5-2-12(3-6-18)16-7-9-17(10-8-16)13-1-4-15-11-13/h12-13,15H,1-11H2. The first-order valence-electron chi connectivity index (χ1n) is 7.42. The molecule has 4 nitrogen and oxygen atoms in total. The molecule has 0 aliphatic carbocycles. The molecule has 3 aliphatic heterocycles. The summed E-state index contributed by atoms with van der Waals surface area (Å²) in [5, 5.41) is 3.49. The van der Waals surface area contributed by atoms with Gasteiger partial charge in [0, 0.05) is 80.8 Å². The van der Waals surface area contributed by atoms with E-state index in [1.807, 2.05) is 0 Å². The number of piperazine rings is 1. The predicted octanol–water partition coefficient (Wildman–Crippen LogP) is 0.780. The van der Waals surface area contributed by atoms with Crippen LogP contribution in [0.3, 0.4) is 0 Å². The Bertz CT molecular complexity index is 254. The molecule has 3 rings (SSSR count). The maximum absolute atomic E-state index is 3.49. The fraction of sp³-hybridized carbons (Fsp3) is 1.00. The Morgan fingerprint density at radius 2 is 1.39 bits per heavy atom. The molecule has 0 bridgehead atoms. The summed E-state index contributed by atoms with van der Waals surface area (Å²) in [5.74, 6) is 0. The summed E-state index contributed by atoms with van der Waals surface area (Å²) in [6, 6.07) is 1.68. The summed E-state index contributed by atoms with van der Waals surface area (Å²) >= 11 is 2.47. The van der Waals surface area contributed by atoms with Crippen LogP contribution in [0.2, 0.25) is 0 Å². The van der Waals surface area contributed by atoms with Gasteiger partial charge >= 0.3 is 0 Å². The van der Waals surface area contributed by atoms with Crippen molar-refractivity contribution >= 4 is 22.9 Å². The van der Waals surface area contributed by atoms with Gasteiger partial charge in [0.25, 0.3) is 0 Å². The molecule has 0 amide bonds. The monoisotopic (exact) mass is 364 g/mol. The number of hydrogen-bond donors (Lipinski definition) is 1. The second kappa shape index (κ2) is 6.35. The molecule has 0 aromatic rings. The van der Waals surface area contributed by atoms with Gasteiger partial charge in [0.05, 0.1) is 0 Å². The van der Waals surface area contributed by atoms with Crippen molar-refractivity contribution in [3.05, 3.63) is 0 Å². The topological polar surface area (TPSA) is 21.8 Å². The zero-order chi connectivity index (χ0) is 12.4. The lowest BCUT2D eigenvalue weighted by Gasteiger charge is -2.43. The van der Waals surface area contributed by atoms with Crippen molar-refractivity contribution in [1.82, 2.24) is 18.2 Å². The second-order valence-corrected chi connectivity index (χ2v) is 7.22. The van der Waals surface area contributed by atoms with Gasteiger partial charge in [-0.3, -0.25) is 9.80 Å². The van der Waals surface area contributed by atoms with Crippen LogP contribution in [0.5, 0.6) is 0 Å². The minimum atomic E-state index is 0.823. The predicted molar refractivity (Wildman–Crippen MR) is 83.0 cm³/mol. The quantitative estimate of drug-likeness (QED) is 0.578. The van der Waals surface area contributed by atoms with Crippen LogP contribution in [0, 0.1) is 0 Å². The maximum Gasteiger partial charge on any atom is 0.0233 e. The summed E-state index contributed by atoms with van der Waals surface area (Å²) < 4.78 is 2.44. The average molecular weight is 364 g/mol. The largest absolute Gasteiger partial charge is 0.315 e. The third-order valence-corrected chi connectivity index (χ3v) is 5.79. The average Bonchev–Trinajstić information content (AvgIpc) is 2.94. The molecule has 0 aromatic heterocycles. The number of halogens is 1. The second-order valence-electron chi connectivity index (χ2n) is 5.86. The van der Waals surface area contributed by atoms with Crippen LogP contribution in [-0.4, -0.2) is 77.4 Å². The van der Waals surface area contributed by atoms with Gasteiger partial charge in [-0.25, -0.2) is 3.11 Å². The Morgan fingerprint density at radius 3 is 1.94 bits per heavy atom. The zero-order valence-electron chi connectivity index (χ0n) is 11.2. The molecule has 18 heavy (non-hydrogen) atoms. The van der Waals surface area contributed by atoms with Gasteiger partial charge < -0.3 is 5.32 Å². The molecule has 1 atom stereocenters. The van der Waals surface area contributed by atoms with Crippen molar-refractivity contribution in [2.45, 2.75) is 31.3 Å². The smallest absolute Gasteiger partial charge is 0.0233 e. The van der Waals surface area contributed by atoms with Crippen molar-refractivity contribution in [1.29, 1.82) is 0 Å². The Balaban J connectivity index is 1.44. The van der Waals surface area contributed by atoms with Crippen molar-refractivity contribution in [2.24, 2.45) is 0 Å². The maximum atomic E-state index is 3.49. The molecule has 3 aliphatic rings. The first-order valence-corrected chi connectivity index (χ1v) is 8.39. The van der Waals surface area contributed by atoms with Gasteiger partial charge in [-0.1, -0.05) is 0 Å². The highest BCUT2D eigenvalue weighted by Gasteiger charge is 2.30. The number of piperidine rings is 1. The van der Waals surface area contributed by atoms with Crippen LogP contribution in [0.15, 0.2) is 0 Å². The minimum Gasteiger partial charge on any atom is -0.315 e. The highest BCUT2D eigenvalue weighted by atomic mass is 127. The van der Waals surface area contributed by atoms with E-state index in [0.717, 1.165) is 12.1 Å². The summed E-state index contributed by atoms with van der Waals surface area (Å²) in [7, 11) is 0. The zero-order valence-corrected chi connectivity index (χ0v) is 13.3. The van der Waals surface area contributed by atoms with Crippen LogP contribution in [-0.2, 0) is 0 Å². The van der Waals surface area contributed by atoms with Crippen molar-refractivity contribution < 1.29 is 0 Å². The molecule has 0 spiro atoms. The van der Waals surface area contributed by atoms with E-state index in [1.165, 1.54) is 71.6 Å². The lowest BCUT2D eigenvalue weighted by Crippen LogP contribution is -2.55. The van der Waals surface area contributed by atoms with Gasteiger partial charge in [-0.15, -0.1) is 0 Å². The van der Waals surface area contributed by atoms with Crippen molar-refractivity contribution in [3.8, 4) is 0 Å². The number of hydrogen-bond acceptors (Lipinski definition) is 4. The van der Waals surface area contributed by atoms with E-state index in [9.17, 15) is 0 Å². The Morgan fingerprint density at radius 1 is 0.778 bits per heavy atom. The molecule has 3 heterocycles. The summed E-state index contributed by atoms with van der Waals surface area (Å²) in [5.41, 5.74) is 0. The van der Waals surface area contributed by atoms with Crippen LogP contribution >= 0.6 is 22.9 Å². The normalized spacial score (nSPS) is 34.2. The molecular weight excluding hydrogens is 339 g/mol. The summed E-state index contributed by atoms with van der Waals surface area (Å²) in [6.07, 6.45) is 4.09. The molecular formula is C13H25IN4. The molecule has 3 saturated heterocycles. The molecule has 0 radical (unpaired) electrons. The van der Waals surface area contributed by atoms with E-state index >= 15 is 0 Å². The van der Waals surface area contributed by atoms with Crippen molar-refractivity contribution in [3.63, 3.8) is 0 Å². The molecule has 104 valence electrons. The lowest BCUT2D eigenvalue weighted by molar-refractivity contribution is 0.0583. The number of rotatable bonds is 2. The Hall–Kier alpha value is 0.570. The molecule has 5 heteroatoms. The first kappa shape index (κ1) is 13.5. The first-order chi connectivity index (χ1) is 8.83. The third-order valence-electron chi connectivity index (χ3n) is 4.83. The third kappa shape index (κ3) is 3.17. The van der Waals surface area contributed by atoms with Gasteiger partial charge in [0.1, 0.15) is 0 Å². The van der Waals surface area contributed by atoms with Gasteiger partial charge in [0.15, 0.2) is 0 Å². The fourth-order valence-electron chi connectivity index (χ4n) is 3.62. The van der Waals surface area contributed by atoms with E-state index in [4.69, 9.17) is 0 Å². The molecule has 0 saturated carbocycles. The minimum absolute atomic E-state index is 0.823. The fourth-order valence-corrected chi connectivity index (χ4v) is 4.18. The molecule has 3 fully saturated rings. The van der Waals surface area contributed by atoms with Gasteiger partial charge in [0.2, 0.25) is 0 Å². The van der Waals surface area contributed by atoms with Crippen molar-refractivity contribution in [2.75, 3.05) is 52.4 Å². The van der Waals surface area contributed by atoms with Gasteiger partial charge in [-0.2, -0.15) is 0 Å². The van der Waals surface area contributed by atoms with E-state index in [-0.39, 0.29) is 0 Å². The van der Waals surface area contributed by atoms with Gasteiger partial charge in [-0.05, 0) is 25.8 Å². The van der Waals surface area contributed by atoms with E-state index in [1.54, 1.807) is 0 Å². The molecule has 1 unspecified atom stereocenters.